The zero-order valence-corrected chi connectivity index (χ0v) is 12.4. The highest BCUT2D eigenvalue weighted by Crippen LogP contribution is 2.17. The largest absolute Gasteiger partial charge is 0.338 e. The molecule has 1 saturated heterocycles. The molecule has 0 unspecified atom stereocenters. The van der Waals surface area contributed by atoms with E-state index in [1.165, 1.54) is 19.3 Å². The number of nitrogens with one attached hydrogen (secondary N) is 2. The molecule has 1 aliphatic heterocycles. The minimum absolute atomic E-state index is 0.0395. The Hall–Kier alpha value is -1.30. The summed E-state index contributed by atoms with van der Waals surface area (Å²) in [4.78, 5) is 27.6. The summed E-state index contributed by atoms with van der Waals surface area (Å²) in [6.07, 6.45) is 5.94. The first kappa shape index (κ1) is 15.1. The molecule has 2 fully saturated rings. The van der Waals surface area contributed by atoms with Gasteiger partial charge < -0.3 is 20.4 Å². The first-order chi connectivity index (χ1) is 9.70. The monoisotopic (exact) mass is 282 g/mol. The number of urea groups is 1. The van der Waals surface area contributed by atoms with Crippen molar-refractivity contribution < 1.29 is 9.59 Å². The van der Waals surface area contributed by atoms with E-state index >= 15 is 0 Å². The van der Waals surface area contributed by atoms with Gasteiger partial charge in [-0.2, -0.15) is 0 Å². The van der Waals surface area contributed by atoms with Gasteiger partial charge in [-0.05, 0) is 19.9 Å². The Morgan fingerprint density at radius 3 is 2.20 bits per heavy atom. The third kappa shape index (κ3) is 4.10. The third-order valence-corrected chi connectivity index (χ3v) is 4.18. The van der Waals surface area contributed by atoms with Gasteiger partial charge in [0.25, 0.3) is 0 Å². The molecule has 1 saturated carbocycles. The lowest BCUT2D eigenvalue weighted by Gasteiger charge is -2.36. The maximum atomic E-state index is 12.2. The van der Waals surface area contributed by atoms with Crippen LogP contribution in [-0.4, -0.2) is 67.6 Å². The second kappa shape index (κ2) is 7.47. The predicted octanol–water partition coefficient (Wildman–Crippen LogP) is 0.392. The molecule has 0 atom stereocenters. The Morgan fingerprint density at radius 1 is 1.00 bits per heavy atom. The lowest BCUT2D eigenvalue weighted by Crippen LogP contribution is -2.55. The van der Waals surface area contributed by atoms with Gasteiger partial charge >= 0.3 is 6.03 Å². The Balaban J connectivity index is 1.72. The van der Waals surface area contributed by atoms with Gasteiger partial charge in [0.2, 0.25) is 5.91 Å². The van der Waals surface area contributed by atoms with E-state index in [1.54, 1.807) is 7.05 Å². The standard InChI is InChI=1S/C14H26N4O2/c1-15-11-13(19)17-7-9-18(10-8-17)14(20)16-12-5-3-2-4-6-12/h12,15H,2-11H2,1H3,(H,16,20). The second-order valence-corrected chi connectivity index (χ2v) is 5.68. The molecular formula is C14H26N4O2. The molecule has 2 aliphatic rings. The van der Waals surface area contributed by atoms with Crippen LogP contribution in [0.5, 0.6) is 0 Å². The Labute approximate surface area is 120 Å². The Bertz CT molecular complexity index is 334. The molecule has 0 aromatic rings. The fraction of sp³-hybridized carbons (Fsp3) is 0.857. The molecule has 6 nitrogen and oxygen atoms in total. The summed E-state index contributed by atoms with van der Waals surface area (Å²) in [6, 6.07) is 0.387. The molecule has 0 spiro atoms. The van der Waals surface area contributed by atoms with Crippen molar-refractivity contribution in [3.05, 3.63) is 0 Å². The average Bonchev–Trinajstić information content (AvgIpc) is 2.48. The molecule has 114 valence electrons. The van der Waals surface area contributed by atoms with Crippen molar-refractivity contribution in [1.29, 1.82) is 0 Å². The number of hydrogen-bond acceptors (Lipinski definition) is 3. The molecule has 0 aromatic heterocycles. The first-order valence-corrected chi connectivity index (χ1v) is 7.68. The van der Waals surface area contributed by atoms with Crippen LogP contribution >= 0.6 is 0 Å². The molecule has 2 N–H and O–H groups in total. The number of carbonyl (C=O) groups excluding carboxylic acids is 2. The van der Waals surface area contributed by atoms with Gasteiger partial charge in [-0.3, -0.25) is 4.79 Å². The Kier molecular flexibility index (Phi) is 5.64. The van der Waals surface area contributed by atoms with Crippen LogP contribution in [0.25, 0.3) is 0 Å². The van der Waals surface area contributed by atoms with Crippen molar-refractivity contribution >= 4 is 11.9 Å². The van der Waals surface area contributed by atoms with Crippen molar-refractivity contribution in [3.8, 4) is 0 Å². The zero-order chi connectivity index (χ0) is 14.4. The lowest BCUT2D eigenvalue weighted by molar-refractivity contribution is -0.131. The van der Waals surface area contributed by atoms with Gasteiger partial charge in [0, 0.05) is 32.2 Å². The van der Waals surface area contributed by atoms with Crippen molar-refractivity contribution in [3.63, 3.8) is 0 Å². The molecule has 0 bridgehead atoms. The number of likely N-dealkylation sites (N-methyl/N-ethyl adjacent to an activating group) is 1. The Morgan fingerprint density at radius 2 is 1.60 bits per heavy atom. The van der Waals surface area contributed by atoms with Crippen LogP contribution in [-0.2, 0) is 4.79 Å². The van der Waals surface area contributed by atoms with Gasteiger partial charge in [-0.1, -0.05) is 19.3 Å². The van der Waals surface area contributed by atoms with Crippen molar-refractivity contribution in [2.45, 2.75) is 38.1 Å². The normalized spacial score (nSPS) is 20.9. The predicted molar refractivity (Wildman–Crippen MR) is 77.5 cm³/mol. The molecule has 1 aliphatic carbocycles. The number of hydrogen-bond donors (Lipinski definition) is 2. The highest BCUT2D eigenvalue weighted by molar-refractivity contribution is 5.79. The van der Waals surface area contributed by atoms with Crippen LogP contribution in [0.4, 0.5) is 4.79 Å². The molecule has 1 heterocycles. The van der Waals surface area contributed by atoms with Crippen molar-refractivity contribution in [1.82, 2.24) is 20.4 Å². The van der Waals surface area contributed by atoms with Gasteiger partial charge in [-0.25, -0.2) is 4.79 Å². The summed E-state index contributed by atoms with van der Waals surface area (Å²) in [5.74, 6) is 0.111. The molecule has 3 amide bonds. The molecular weight excluding hydrogens is 256 g/mol. The number of piperazine rings is 1. The fourth-order valence-electron chi connectivity index (χ4n) is 2.93. The van der Waals surface area contributed by atoms with Crippen LogP contribution in [0.2, 0.25) is 0 Å². The smallest absolute Gasteiger partial charge is 0.317 e. The van der Waals surface area contributed by atoms with Gasteiger partial charge in [-0.15, -0.1) is 0 Å². The minimum Gasteiger partial charge on any atom is -0.338 e. The number of nitrogens with zero attached hydrogens (tertiary/aromatic N) is 2. The topological polar surface area (TPSA) is 64.7 Å². The highest BCUT2D eigenvalue weighted by Gasteiger charge is 2.25. The summed E-state index contributed by atoms with van der Waals surface area (Å²) in [5.41, 5.74) is 0. The maximum absolute atomic E-state index is 12.2. The molecule has 6 heteroatoms. The van der Waals surface area contributed by atoms with Crippen LogP contribution in [0.3, 0.4) is 0 Å². The fourth-order valence-corrected chi connectivity index (χ4v) is 2.93. The van der Waals surface area contributed by atoms with Gasteiger partial charge in [0.15, 0.2) is 0 Å². The molecule has 20 heavy (non-hydrogen) atoms. The van der Waals surface area contributed by atoms with Gasteiger partial charge in [0.1, 0.15) is 0 Å². The number of carbonyl (C=O) groups is 2. The van der Waals surface area contributed by atoms with Crippen LogP contribution in [0, 0.1) is 0 Å². The summed E-state index contributed by atoms with van der Waals surface area (Å²) in [5, 5.41) is 6.00. The summed E-state index contributed by atoms with van der Waals surface area (Å²) < 4.78 is 0. The van der Waals surface area contributed by atoms with E-state index in [1.807, 2.05) is 9.80 Å². The van der Waals surface area contributed by atoms with E-state index in [0.29, 0.717) is 38.8 Å². The number of amides is 3. The van der Waals surface area contributed by atoms with E-state index in [-0.39, 0.29) is 11.9 Å². The number of rotatable bonds is 3. The quantitative estimate of drug-likeness (QED) is 0.787. The minimum atomic E-state index is 0.0395. The van der Waals surface area contributed by atoms with Crippen LogP contribution in [0.15, 0.2) is 0 Å². The molecule has 2 rings (SSSR count). The second-order valence-electron chi connectivity index (χ2n) is 5.68. The third-order valence-electron chi connectivity index (χ3n) is 4.18. The van der Waals surface area contributed by atoms with E-state index in [2.05, 4.69) is 10.6 Å². The first-order valence-electron chi connectivity index (χ1n) is 7.68. The van der Waals surface area contributed by atoms with Gasteiger partial charge in [0.05, 0.1) is 6.54 Å². The highest BCUT2D eigenvalue weighted by atomic mass is 16.2. The van der Waals surface area contributed by atoms with E-state index in [9.17, 15) is 9.59 Å². The van der Waals surface area contributed by atoms with Crippen molar-refractivity contribution in [2.75, 3.05) is 39.8 Å². The summed E-state index contributed by atoms with van der Waals surface area (Å²) in [6.45, 7) is 2.91. The van der Waals surface area contributed by atoms with E-state index in [4.69, 9.17) is 0 Å². The average molecular weight is 282 g/mol. The lowest BCUT2D eigenvalue weighted by atomic mass is 9.96. The van der Waals surface area contributed by atoms with Crippen molar-refractivity contribution in [2.24, 2.45) is 0 Å². The molecule has 0 aromatic carbocycles. The van der Waals surface area contributed by atoms with Crippen LogP contribution < -0.4 is 10.6 Å². The SMILES string of the molecule is CNCC(=O)N1CCN(C(=O)NC2CCCCC2)CC1. The van der Waals surface area contributed by atoms with E-state index < -0.39 is 0 Å². The van der Waals surface area contributed by atoms with Crippen LogP contribution in [0.1, 0.15) is 32.1 Å². The maximum Gasteiger partial charge on any atom is 0.317 e. The zero-order valence-electron chi connectivity index (χ0n) is 12.4. The van der Waals surface area contributed by atoms with E-state index in [0.717, 1.165) is 12.8 Å². The molecule has 0 radical (unpaired) electrons. The summed E-state index contributed by atoms with van der Waals surface area (Å²) in [7, 11) is 1.77. The summed E-state index contributed by atoms with van der Waals surface area (Å²) >= 11 is 0.